The summed E-state index contributed by atoms with van der Waals surface area (Å²) in [6.45, 7) is -1.37. The van der Waals surface area contributed by atoms with Gasteiger partial charge >= 0.3 is 12.1 Å². The lowest BCUT2D eigenvalue weighted by Gasteiger charge is -2.13. The van der Waals surface area contributed by atoms with Crippen LogP contribution in [-0.4, -0.2) is 35.1 Å². The van der Waals surface area contributed by atoms with Gasteiger partial charge in [0.1, 0.15) is 5.75 Å². The highest BCUT2D eigenvalue weighted by Crippen LogP contribution is 2.23. The van der Waals surface area contributed by atoms with Gasteiger partial charge in [-0.05, 0) is 30.9 Å². The highest BCUT2D eigenvalue weighted by molar-refractivity contribution is 5.71. The van der Waals surface area contributed by atoms with E-state index in [1.54, 1.807) is 18.2 Å². The second kappa shape index (κ2) is 7.14. The molecule has 0 amide bonds. The minimum Gasteiger partial charge on any atom is -0.484 e. The van der Waals surface area contributed by atoms with Crippen molar-refractivity contribution >= 4 is 5.97 Å². The van der Waals surface area contributed by atoms with Gasteiger partial charge in [-0.15, -0.1) is 0 Å². The van der Waals surface area contributed by atoms with E-state index >= 15 is 0 Å². The summed E-state index contributed by atoms with van der Waals surface area (Å²) in [5, 5.41) is 17.6. The van der Waals surface area contributed by atoms with Gasteiger partial charge in [0.05, 0.1) is 0 Å². The largest absolute Gasteiger partial charge is 0.484 e. The quantitative estimate of drug-likeness (QED) is 0.810. The van der Waals surface area contributed by atoms with Crippen LogP contribution >= 0.6 is 0 Å². The Morgan fingerprint density at radius 3 is 2.55 bits per heavy atom. The fourth-order valence-electron chi connectivity index (χ4n) is 1.62. The third kappa shape index (κ3) is 5.92. The number of hydrogen-bond acceptors (Lipinski definition) is 3. The monoisotopic (exact) mass is 292 g/mol. The van der Waals surface area contributed by atoms with Gasteiger partial charge in [0.25, 0.3) is 0 Å². The molecule has 1 atom stereocenters. The molecule has 0 saturated heterocycles. The fourth-order valence-corrected chi connectivity index (χ4v) is 1.62. The molecule has 0 heterocycles. The van der Waals surface area contributed by atoms with E-state index in [9.17, 15) is 18.0 Å². The van der Waals surface area contributed by atoms with E-state index in [-0.39, 0.29) is 12.2 Å². The Labute approximate surface area is 113 Å². The molecule has 0 aromatic heterocycles. The van der Waals surface area contributed by atoms with Gasteiger partial charge in [0.2, 0.25) is 0 Å². The molecule has 7 heteroatoms. The van der Waals surface area contributed by atoms with E-state index in [4.69, 9.17) is 14.9 Å². The molecule has 1 aromatic carbocycles. The number of rotatable bonds is 7. The lowest BCUT2D eigenvalue weighted by molar-refractivity contribution is -0.153. The van der Waals surface area contributed by atoms with Crippen molar-refractivity contribution in [2.24, 2.45) is 0 Å². The maximum absolute atomic E-state index is 12.1. The second-order valence-electron chi connectivity index (χ2n) is 4.26. The smallest absolute Gasteiger partial charge is 0.422 e. The van der Waals surface area contributed by atoms with Crippen LogP contribution in [0.15, 0.2) is 24.3 Å². The Hall–Kier alpha value is -1.76. The number of aryl methyl sites for hydroxylation is 1. The first-order valence-electron chi connectivity index (χ1n) is 5.98. The number of hydrogen-bond donors (Lipinski definition) is 2. The van der Waals surface area contributed by atoms with Crippen LogP contribution in [0.1, 0.15) is 18.4 Å². The number of halogens is 3. The molecule has 1 rings (SSSR count). The number of carboxylic acids is 1. The standard InChI is InChI=1S/C13H15F3O4/c14-13(15,16)8-20-11-7-2-1-4-9(11)5-3-6-10(17)12(18)19/h1-2,4,7,10,17H,3,5-6,8H2,(H,18,19)/t10-/m1/s1. The highest BCUT2D eigenvalue weighted by Gasteiger charge is 2.28. The lowest BCUT2D eigenvalue weighted by atomic mass is 10.1. The molecule has 4 nitrogen and oxygen atoms in total. The van der Waals surface area contributed by atoms with Crippen molar-refractivity contribution in [2.75, 3.05) is 6.61 Å². The van der Waals surface area contributed by atoms with E-state index in [0.29, 0.717) is 18.4 Å². The van der Waals surface area contributed by atoms with E-state index in [0.717, 1.165) is 0 Å². The topological polar surface area (TPSA) is 66.8 Å². The molecule has 0 aliphatic carbocycles. The average Bonchev–Trinajstić information content (AvgIpc) is 2.36. The van der Waals surface area contributed by atoms with Crippen LogP contribution in [0.5, 0.6) is 5.75 Å². The van der Waals surface area contributed by atoms with Crippen LogP contribution in [-0.2, 0) is 11.2 Å². The number of aliphatic hydroxyl groups excluding tert-OH is 1. The normalized spacial score (nSPS) is 13.0. The van der Waals surface area contributed by atoms with Gasteiger partial charge < -0.3 is 14.9 Å². The Morgan fingerprint density at radius 1 is 1.30 bits per heavy atom. The zero-order chi connectivity index (χ0) is 15.2. The molecule has 0 spiro atoms. The number of alkyl halides is 3. The summed E-state index contributed by atoms with van der Waals surface area (Å²) in [6, 6.07) is 6.25. The van der Waals surface area contributed by atoms with Crippen LogP contribution in [0, 0.1) is 0 Å². The second-order valence-corrected chi connectivity index (χ2v) is 4.26. The molecule has 0 radical (unpaired) electrons. The van der Waals surface area contributed by atoms with Gasteiger partial charge in [-0.1, -0.05) is 18.2 Å². The fraction of sp³-hybridized carbons (Fsp3) is 0.462. The van der Waals surface area contributed by atoms with Crippen LogP contribution in [0.3, 0.4) is 0 Å². The predicted molar refractivity (Wildman–Crippen MR) is 64.6 cm³/mol. The van der Waals surface area contributed by atoms with Crippen molar-refractivity contribution in [3.8, 4) is 5.75 Å². The van der Waals surface area contributed by atoms with E-state index in [2.05, 4.69) is 0 Å². The molecule has 0 unspecified atom stereocenters. The van der Waals surface area contributed by atoms with Crippen molar-refractivity contribution in [1.29, 1.82) is 0 Å². The number of carboxylic acid groups (broad SMARTS) is 1. The Kier molecular flexibility index (Phi) is 5.82. The Balaban J connectivity index is 2.55. The number of aliphatic hydroxyl groups is 1. The van der Waals surface area contributed by atoms with Gasteiger partial charge in [0, 0.05) is 0 Å². The van der Waals surface area contributed by atoms with E-state index in [1.807, 2.05) is 0 Å². The lowest BCUT2D eigenvalue weighted by Crippen LogP contribution is -2.20. The maximum atomic E-state index is 12.1. The number of aliphatic carboxylic acids is 1. The summed E-state index contributed by atoms with van der Waals surface area (Å²) in [4.78, 5) is 10.4. The van der Waals surface area contributed by atoms with Gasteiger partial charge in [0.15, 0.2) is 12.7 Å². The first-order valence-corrected chi connectivity index (χ1v) is 5.98. The summed E-state index contributed by atoms with van der Waals surface area (Å²) in [6.07, 6.45) is -5.17. The van der Waals surface area contributed by atoms with Gasteiger partial charge in [-0.25, -0.2) is 4.79 Å². The Bertz CT molecular complexity index is 445. The molecule has 2 N–H and O–H groups in total. The number of para-hydroxylation sites is 1. The molecular formula is C13H15F3O4. The maximum Gasteiger partial charge on any atom is 0.422 e. The Morgan fingerprint density at radius 2 is 1.95 bits per heavy atom. The summed E-state index contributed by atoms with van der Waals surface area (Å²) in [7, 11) is 0. The van der Waals surface area contributed by atoms with Crippen molar-refractivity contribution in [3.05, 3.63) is 29.8 Å². The van der Waals surface area contributed by atoms with Crippen LogP contribution in [0.25, 0.3) is 0 Å². The SMILES string of the molecule is O=C(O)[C@H](O)CCCc1ccccc1OCC(F)(F)F. The third-order valence-corrected chi connectivity index (χ3v) is 2.57. The molecule has 112 valence electrons. The zero-order valence-corrected chi connectivity index (χ0v) is 10.6. The molecule has 0 aliphatic rings. The number of ether oxygens (including phenoxy) is 1. The highest BCUT2D eigenvalue weighted by atomic mass is 19.4. The minimum atomic E-state index is -4.41. The first-order chi connectivity index (χ1) is 9.29. The van der Waals surface area contributed by atoms with Crippen molar-refractivity contribution in [2.45, 2.75) is 31.5 Å². The van der Waals surface area contributed by atoms with Crippen molar-refractivity contribution < 1.29 is 32.9 Å². The van der Waals surface area contributed by atoms with Crippen LogP contribution in [0.2, 0.25) is 0 Å². The average molecular weight is 292 g/mol. The predicted octanol–water partition coefficient (Wildman–Crippen LogP) is 2.40. The summed E-state index contributed by atoms with van der Waals surface area (Å²) >= 11 is 0. The van der Waals surface area contributed by atoms with E-state index < -0.39 is 24.9 Å². The summed E-state index contributed by atoms with van der Waals surface area (Å²) < 4.78 is 41.0. The molecule has 0 fully saturated rings. The van der Waals surface area contributed by atoms with Gasteiger partial charge in [-0.2, -0.15) is 13.2 Å². The molecule has 1 aromatic rings. The molecular weight excluding hydrogens is 277 g/mol. The van der Waals surface area contributed by atoms with E-state index in [1.165, 1.54) is 6.07 Å². The molecule has 0 bridgehead atoms. The molecule has 0 saturated carbocycles. The molecule has 0 aliphatic heterocycles. The van der Waals surface area contributed by atoms with Crippen LogP contribution < -0.4 is 4.74 Å². The summed E-state index contributed by atoms with van der Waals surface area (Å²) in [5.74, 6) is -1.19. The zero-order valence-electron chi connectivity index (χ0n) is 10.6. The number of benzene rings is 1. The van der Waals surface area contributed by atoms with Crippen LogP contribution in [0.4, 0.5) is 13.2 Å². The van der Waals surface area contributed by atoms with Crippen molar-refractivity contribution in [1.82, 2.24) is 0 Å². The first kappa shape index (κ1) is 16.3. The van der Waals surface area contributed by atoms with Gasteiger partial charge in [-0.3, -0.25) is 0 Å². The minimum absolute atomic E-state index is 0.0307. The number of carbonyl (C=O) groups is 1. The van der Waals surface area contributed by atoms with Crippen molar-refractivity contribution in [3.63, 3.8) is 0 Å². The molecule has 20 heavy (non-hydrogen) atoms. The summed E-state index contributed by atoms with van der Waals surface area (Å²) in [5.41, 5.74) is 0.550. The third-order valence-electron chi connectivity index (χ3n) is 2.57.